The van der Waals surface area contributed by atoms with Crippen molar-refractivity contribution >= 4 is 21.4 Å². The van der Waals surface area contributed by atoms with E-state index in [2.05, 4.69) is 21.2 Å². The van der Waals surface area contributed by atoms with E-state index in [0.717, 1.165) is 18.4 Å². The van der Waals surface area contributed by atoms with Crippen LogP contribution >= 0.6 is 11.3 Å². The summed E-state index contributed by atoms with van der Waals surface area (Å²) in [5.41, 5.74) is 2.74. The fourth-order valence-electron chi connectivity index (χ4n) is 2.90. The molecule has 0 unspecified atom stereocenters. The van der Waals surface area contributed by atoms with Crippen LogP contribution in [-0.4, -0.2) is 19.9 Å². The Morgan fingerprint density at radius 3 is 2.56 bits per heavy atom. The van der Waals surface area contributed by atoms with Gasteiger partial charge in [-0.15, -0.1) is 0 Å². The smallest absolute Gasteiger partial charge is 0.240 e. The first-order valence-corrected chi connectivity index (χ1v) is 10.5. The zero-order chi connectivity index (χ0) is 17.5. The maximum absolute atomic E-state index is 12.6. The molecule has 0 radical (unpaired) electrons. The van der Waals surface area contributed by atoms with Crippen molar-refractivity contribution < 1.29 is 12.8 Å². The molecule has 0 saturated heterocycles. The predicted octanol–water partition coefficient (Wildman–Crippen LogP) is 3.72. The summed E-state index contributed by atoms with van der Waals surface area (Å²) in [7, 11) is -3.53. The molecule has 1 aromatic carbocycles. The van der Waals surface area contributed by atoms with Crippen LogP contribution in [0.25, 0.3) is 11.3 Å². The minimum Gasteiger partial charge on any atom is -0.449 e. The Balaban J connectivity index is 1.49. The minimum absolute atomic E-state index is 0.0226. The summed E-state index contributed by atoms with van der Waals surface area (Å²) in [6.45, 7) is 2.21. The van der Waals surface area contributed by atoms with Crippen LogP contribution in [0, 0.1) is 6.92 Å². The average molecular weight is 374 g/mol. The average Bonchev–Trinajstić information content (AvgIpc) is 2.99. The summed E-state index contributed by atoms with van der Waals surface area (Å²) in [5.74, 6) is 0.580. The van der Waals surface area contributed by atoms with Crippen LogP contribution in [0.15, 0.2) is 56.7 Å². The maximum Gasteiger partial charge on any atom is 0.240 e. The minimum atomic E-state index is -3.53. The second-order valence-corrected chi connectivity index (χ2v) is 8.94. The van der Waals surface area contributed by atoms with E-state index in [0.29, 0.717) is 18.1 Å². The molecule has 1 aliphatic rings. The van der Waals surface area contributed by atoms with Gasteiger partial charge in [0.25, 0.3) is 0 Å². The van der Waals surface area contributed by atoms with Crippen molar-refractivity contribution in [2.75, 3.05) is 6.54 Å². The number of aryl methyl sites for hydroxylation is 1. The Labute approximate surface area is 150 Å². The van der Waals surface area contributed by atoms with Crippen LogP contribution in [0.3, 0.4) is 0 Å². The topological polar surface area (TPSA) is 72.2 Å². The van der Waals surface area contributed by atoms with E-state index in [4.69, 9.17) is 4.42 Å². The normalized spacial score (nSPS) is 16.0. The zero-order valence-corrected chi connectivity index (χ0v) is 15.4. The van der Waals surface area contributed by atoms with Crippen molar-refractivity contribution in [3.05, 3.63) is 58.8 Å². The molecule has 0 bridgehead atoms. The summed E-state index contributed by atoms with van der Waals surface area (Å²) in [6, 6.07) is 8.79. The molecule has 0 amide bonds. The molecule has 7 heteroatoms. The lowest BCUT2D eigenvalue weighted by Gasteiger charge is -2.15. The fourth-order valence-corrected chi connectivity index (χ4v) is 4.81. The van der Waals surface area contributed by atoms with E-state index < -0.39 is 10.0 Å². The standard InChI is InChI=1S/C18H18N2O3S2/c1-13-20-17(10-23-13)14-2-4-16(5-3-14)25(21,22)19-12-18(7-8-18)15-6-9-24-11-15/h2-6,9-11,19H,7-8,12H2,1H3. The first-order chi connectivity index (χ1) is 12.0. The highest BCUT2D eigenvalue weighted by molar-refractivity contribution is 7.89. The third-order valence-corrected chi connectivity index (χ3v) is 6.77. The Morgan fingerprint density at radius 2 is 2.00 bits per heavy atom. The highest BCUT2D eigenvalue weighted by Crippen LogP contribution is 2.48. The Kier molecular flexibility index (Phi) is 4.02. The van der Waals surface area contributed by atoms with Gasteiger partial charge >= 0.3 is 0 Å². The second-order valence-electron chi connectivity index (χ2n) is 6.39. The molecule has 4 rings (SSSR count). The summed E-state index contributed by atoms with van der Waals surface area (Å²) >= 11 is 1.65. The molecular weight excluding hydrogens is 356 g/mol. The second kappa shape index (κ2) is 6.09. The van der Waals surface area contributed by atoms with E-state index in [9.17, 15) is 8.42 Å². The van der Waals surface area contributed by atoms with E-state index in [1.54, 1.807) is 48.8 Å². The van der Waals surface area contributed by atoms with E-state index >= 15 is 0 Å². The Hall–Kier alpha value is -1.96. The molecule has 0 aliphatic heterocycles. The molecule has 2 aromatic heterocycles. The van der Waals surface area contributed by atoms with Gasteiger partial charge in [-0.1, -0.05) is 12.1 Å². The van der Waals surface area contributed by atoms with Crippen molar-refractivity contribution in [1.29, 1.82) is 0 Å². The van der Waals surface area contributed by atoms with Crippen LogP contribution in [0.5, 0.6) is 0 Å². The molecule has 25 heavy (non-hydrogen) atoms. The largest absolute Gasteiger partial charge is 0.449 e. The van der Waals surface area contributed by atoms with Gasteiger partial charge in [0.15, 0.2) is 5.89 Å². The number of nitrogens with zero attached hydrogens (tertiary/aromatic N) is 1. The van der Waals surface area contributed by atoms with Gasteiger partial charge in [-0.25, -0.2) is 18.1 Å². The van der Waals surface area contributed by atoms with Crippen LogP contribution in [-0.2, 0) is 15.4 Å². The van der Waals surface area contributed by atoms with Gasteiger partial charge in [0.2, 0.25) is 10.0 Å². The SMILES string of the molecule is Cc1nc(-c2ccc(S(=O)(=O)NCC3(c4ccsc4)CC3)cc2)co1. The Morgan fingerprint density at radius 1 is 1.24 bits per heavy atom. The lowest BCUT2D eigenvalue weighted by atomic mass is 10.0. The highest BCUT2D eigenvalue weighted by atomic mass is 32.2. The number of aromatic nitrogens is 1. The third kappa shape index (κ3) is 3.27. The molecule has 0 atom stereocenters. The molecule has 1 N–H and O–H groups in total. The molecule has 3 aromatic rings. The number of benzene rings is 1. The lowest BCUT2D eigenvalue weighted by Crippen LogP contribution is -2.32. The first kappa shape index (κ1) is 16.5. The van der Waals surface area contributed by atoms with Gasteiger partial charge in [0.1, 0.15) is 12.0 Å². The Bertz CT molecular complexity index is 970. The van der Waals surface area contributed by atoms with Crippen molar-refractivity contribution in [3.63, 3.8) is 0 Å². The number of nitrogens with one attached hydrogen (secondary N) is 1. The molecule has 1 aliphatic carbocycles. The monoisotopic (exact) mass is 374 g/mol. The lowest BCUT2D eigenvalue weighted by molar-refractivity contribution is 0.521. The summed E-state index contributed by atoms with van der Waals surface area (Å²) < 4.78 is 33.1. The van der Waals surface area contributed by atoms with Crippen LogP contribution in [0.4, 0.5) is 0 Å². The van der Waals surface area contributed by atoms with Crippen LogP contribution in [0.1, 0.15) is 24.3 Å². The molecule has 5 nitrogen and oxygen atoms in total. The van der Waals surface area contributed by atoms with Gasteiger partial charge in [-0.3, -0.25) is 0 Å². The number of rotatable bonds is 6. The van der Waals surface area contributed by atoms with Crippen molar-refractivity contribution in [3.8, 4) is 11.3 Å². The van der Waals surface area contributed by atoms with Crippen LogP contribution < -0.4 is 4.72 Å². The van der Waals surface area contributed by atoms with Crippen molar-refractivity contribution in [2.24, 2.45) is 0 Å². The first-order valence-electron chi connectivity index (χ1n) is 8.03. The number of sulfonamides is 1. The van der Waals surface area contributed by atoms with Gasteiger partial charge in [-0.05, 0) is 47.4 Å². The number of thiophene rings is 1. The molecular formula is C18H18N2O3S2. The number of hydrogen-bond acceptors (Lipinski definition) is 5. The predicted molar refractivity (Wildman–Crippen MR) is 97.1 cm³/mol. The molecule has 2 heterocycles. The van der Waals surface area contributed by atoms with Crippen molar-refractivity contribution in [1.82, 2.24) is 9.71 Å². The maximum atomic E-state index is 12.6. The zero-order valence-electron chi connectivity index (χ0n) is 13.7. The number of oxazole rings is 1. The van der Waals surface area contributed by atoms with Gasteiger partial charge in [-0.2, -0.15) is 11.3 Å². The summed E-state index contributed by atoms with van der Waals surface area (Å²) in [4.78, 5) is 4.51. The van der Waals surface area contributed by atoms with Crippen molar-refractivity contribution in [2.45, 2.75) is 30.1 Å². The molecule has 1 fully saturated rings. The molecule has 1 saturated carbocycles. The van der Waals surface area contributed by atoms with E-state index in [1.807, 2.05) is 5.38 Å². The highest BCUT2D eigenvalue weighted by Gasteiger charge is 2.45. The number of hydrogen-bond donors (Lipinski definition) is 1. The third-order valence-electron chi connectivity index (χ3n) is 4.67. The fraction of sp³-hybridized carbons (Fsp3) is 0.278. The van der Waals surface area contributed by atoms with Gasteiger partial charge < -0.3 is 4.42 Å². The quantitative estimate of drug-likeness (QED) is 0.714. The van der Waals surface area contributed by atoms with E-state index in [-0.39, 0.29) is 10.3 Å². The summed E-state index contributed by atoms with van der Waals surface area (Å²) in [5, 5.41) is 4.14. The summed E-state index contributed by atoms with van der Waals surface area (Å²) in [6.07, 6.45) is 3.61. The van der Waals surface area contributed by atoms with Crippen LogP contribution in [0.2, 0.25) is 0 Å². The van der Waals surface area contributed by atoms with Gasteiger partial charge in [0.05, 0.1) is 4.90 Å². The van der Waals surface area contributed by atoms with Gasteiger partial charge in [0, 0.05) is 24.4 Å². The molecule has 0 spiro atoms. The van der Waals surface area contributed by atoms with E-state index in [1.165, 1.54) is 5.56 Å². The molecule has 130 valence electrons.